The number of hydrogen-bond acceptors (Lipinski definition) is 3. The topological polar surface area (TPSA) is 41.6 Å². The molecule has 0 saturated heterocycles. The van der Waals surface area contributed by atoms with E-state index in [1.807, 2.05) is 6.07 Å². The van der Waals surface area contributed by atoms with Crippen molar-refractivity contribution in [1.29, 1.82) is 0 Å². The van der Waals surface area contributed by atoms with Crippen molar-refractivity contribution < 1.29 is 0 Å². The number of aromatic amines is 1. The van der Waals surface area contributed by atoms with E-state index in [0.29, 0.717) is 0 Å². The fourth-order valence-electron chi connectivity index (χ4n) is 1.68. The van der Waals surface area contributed by atoms with Gasteiger partial charge >= 0.3 is 0 Å². The van der Waals surface area contributed by atoms with Gasteiger partial charge in [-0.2, -0.15) is 0 Å². The molecule has 0 aliphatic rings. The quantitative estimate of drug-likeness (QED) is 0.736. The molecule has 0 unspecified atom stereocenters. The molecule has 0 radical (unpaired) electrons. The van der Waals surface area contributed by atoms with E-state index in [0.717, 1.165) is 26.3 Å². The Morgan fingerprint density at radius 1 is 1.29 bits per heavy atom. The standard InChI is InChI=1S/C12H10BrN3S/c1-6-3-10(17-7(6)2)12-15-9-4-8(13)5-14-11(9)16-12/h3-5H,1-2H3,(H,14,15,16). The molecule has 17 heavy (non-hydrogen) atoms. The minimum Gasteiger partial charge on any atom is -0.336 e. The van der Waals surface area contributed by atoms with E-state index in [-0.39, 0.29) is 0 Å². The summed E-state index contributed by atoms with van der Waals surface area (Å²) >= 11 is 5.16. The van der Waals surface area contributed by atoms with Crippen molar-refractivity contribution in [2.75, 3.05) is 0 Å². The summed E-state index contributed by atoms with van der Waals surface area (Å²) in [5, 5.41) is 0. The lowest BCUT2D eigenvalue weighted by atomic mass is 10.3. The van der Waals surface area contributed by atoms with E-state index in [9.17, 15) is 0 Å². The Kier molecular flexibility index (Phi) is 2.52. The highest BCUT2D eigenvalue weighted by atomic mass is 79.9. The Balaban J connectivity index is 2.17. The van der Waals surface area contributed by atoms with Crippen LogP contribution >= 0.6 is 27.3 Å². The molecule has 3 aromatic heterocycles. The highest BCUT2D eigenvalue weighted by molar-refractivity contribution is 9.10. The van der Waals surface area contributed by atoms with Gasteiger partial charge in [-0.3, -0.25) is 0 Å². The maximum Gasteiger partial charge on any atom is 0.178 e. The summed E-state index contributed by atoms with van der Waals surface area (Å²) in [7, 11) is 0. The first-order valence-corrected chi connectivity index (χ1v) is 6.83. The number of nitrogens with zero attached hydrogens (tertiary/aromatic N) is 2. The second-order valence-corrected chi connectivity index (χ2v) is 6.13. The van der Waals surface area contributed by atoms with E-state index in [4.69, 9.17) is 0 Å². The molecule has 3 rings (SSSR count). The van der Waals surface area contributed by atoms with Crippen LogP contribution in [0.25, 0.3) is 21.9 Å². The molecule has 0 bridgehead atoms. The Morgan fingerprint density at radius 2 is 2.12 bits per heavy atom. The summed E-state index contributed by atoms with van der Waals surface area (Å²) in [6, 6.07) is 4.15. The van der Waals surface area contributed by atoms with Crippen LogP contribution in [0.15, 0.2) is 22.8 Å². The van der Waals surface area contributed by atoms with Gasteiger partial charge in [0, 0.05) is 15.5 Å². The van der Waals surface area contributed by atoms with Crippen LogP contribution in [0.2, 0.25) is 0 Å². The molecule has 5 heteroatoms. The first-order chi connectivity index (χ1) is 8.13. The SMILES string of the molecule is Cc1cc(-c2nc3ncc(Br)cc3[nH]2)sc1C. The van der Waals surface area contributed by atoms with Crippen LogP contribution in [0.3, 0.4) is 0 Å². The van der Waals surface area contributed by atoms with Gasteiger partial charge in [-0.1, -0.05) is 0 Å². The first kappa shape index (κ1) is 10.9. The highest BCUT2D eigenvalue weighted by Gasteiger charge is 2.09. The van der Waals surface area contributed by atoms with Crippen LogP contribution in [0, 0.1) is 13.8 Å². The van der Waals surface area contributed by atoms with E-state index in [2.05, 4.69) is 50.8 Å². The van der Waals surface area contributed by atoms with E-state index in [1.165, 1.54) is 10.4 Å². The molecule has 0 atom stereocenters. The number of halogens is 1. The molecule has 0 saturated carbocycles. The van der Waals surface area contributed by atoms with E-state index < -0.39 is 0 Å². The number of aromatic nitrogens is 3. The van der Waals surface area contributed by atoms with Crippen LogP contribution < -0.4 is 0 Å². The van der Waals surface area contributed by atoms with Gasteiger partial charge in [0.25, 0.3) is 0 Å². The van der Waals surface area contributed by atoms with Crippen molar-refractivity contribution in [2.45, 2.75) is 13.8 Å². The summed E-state index contributed by atoms with van der Waals surface area (Å²) in [6.45, 7) is 4.24. The van der Waals surface area contributed by atoms with Crippen LogP contribution in [0.1, 0.15) is 10.4 Å². The normalized spacial score (nSPS) is 11.2. The predicted molar refractivity (Wildman–Crippen MR) is 74.4 cm³/mol. The molecule has 1 N–H and O–H groups in total. The van der Waals surface area contributed by atoms with Crippen molar-refractivity contribution >= 4 is 38.4 Å². The fourth-order valence-corrected chi connectivity index (χ4v) is 2.99. The van der Waals surface area contributed by atoms with Crippen molar-refractivity contribution in [2.24, 2.45) is 0 Å². The van der Waals surface area contributed by atoms with Crippen LogP contribution in [0.5, 0.6) is 0 Å². The molecule has 0 aliphatic carbocycles. The van der Waals surface area contributed by atoms with Crippen molar-refractivity contribution in [3.8, 4) is 10.7 Å². The minimum absolute atomic E-state index is 0.756. The zero-order chi connectivity index (χ0) is 12.0. The van der Waals surface area contributed by atoms with Gasteiger partial charge in [0.15, 0.2) is 11.5 Å². The second kappa shape index (κ2) is 3.92. The van der Waals surface area contributed by atoms with Crippen LogP contribution in [-0.4, -0.2) is 15.0 Å². The van der Waals surface area contributed by atoms with Crippen LogP contribution in [0.4, 0.5) is 0 Å². The van der Waals surface area contributed by atoms with E-state index >= 15 is 0 Å². The third-order valence-corrected chi connectivity index (χ3v) is 4.30. The average Bonchev–Trinajstić information content (AvgIpc) is 2.83. The summed E-state index contributed by atoms with van der Waals surface area (Å²) in [4.78, 5) is 14.6. The third kappa shape index (κ3) is 1.89. The average molecular weight is 308 g/mol. The Hall–Kier alpha value is -1.20. The zero-order valence-electron chi connectivity index (χ0n) is 9.41. The molecule has 0 fully saturated rings. The number of aryl methyl sites for hydroxylation is 2. The molecular weight excluding hydrogens is 298 g/mol. The maximum absolute atomic E-state index is 4.50. The first-order valence-electron chi connectivity index (χ1n) is 5.22. The molecule has 3 heterocycles. The number of imidazole rings is 1. The number of rotatable bonds is 1. The largest absolute Gasteiger partial charge is 0.336 e. The fraction of sp³-hybridized carbons (Fsp3) is 0.167. The van der Waals surface area contributed by atoms with Crippen molar-refractivity contribution in [3.63, 3.8) is 0 Å². The molecule has 3 nitrogen and oxygen atoms in total. The number of thiophene rings is 1. The second-order valence-electron chi connectivity index (χ2n) is 3.96. The van der Waals surface area contributed by atoms with Gasteiger partial charge in [-0.15, -0.1) is 11.3 Å². The number of fused-ring (bicyclic) bond motifs is 1. The molecule has 0 aromatic carbocycles. The molecule has 0 spiro atoms. The molecular formula is C12H10BrN3S. The number of hydrogen-bond donors (Lipinski definition) is 1. The summed E-state index contributed by atoms with van der Waals surface area (Å²) in [5.41, 5.74) is 3.02. The van der Waals surface area contributed by atoms with Gasteiger partial charge in [-0.25, -0.2) is 9.97 Å². The lowest BCUT2D eigenvalue weighted by Crippen LogP contribution is -1.75. The lowest BCUT2D eigenvalue weighted by Gasteiger charge is -1.87. The zero-order valence-corrected chi connectivity index (χ0v) is 11.8. The predicted octanol–water partition coefficient (Wildman–Crippen LogP) is 4.07. The lowest BCUT2D eigenvalue weighted by molar-refractivity contribution is 1.30. The Bertz CT molecular complexity index is 679. The Morgan fingerprint density at radius 3 is 2.82 bits per heavy atom. The molecule has 86 valence electrons. The van der Waals surface area contributed by atoms with Gasteiger partial charge < -0.3 is 4.98 Å². The van der Waals surface area contributed by atoms with E-state index in [1.54, 1.807) is 17.5 Å². The van der Waals surface area contributed by atoms with Gasteiger partial charge in [-0.05, 0) is 47.5 Å². The monoisotopic (exact) mass is 307 g/mol. The number of H-pyrrole nitrogens is 1. The maximum atomic E-state index is 4.50. The van der Waals surface area contributed by atoms with Crippen molar-refractivity contribution in [1.82, 2.24) is 15.0 Å². The van der Waals surface area contributed by atoms with Gasteiger partial charge in [0.1, 0.15) is 0 Å². The molecule has 3 aromatic rings. The summed E-state index contributed by atoms with van der Waals surface area (Å²) in [5.74, 6) is 0.895. The van der Waals surface area contributed by atoms with Crippen LogP contribution in [-0.2, 0) is 0 Å². The molecule has 0 amide bonds. The molecule has 0 aliphatic heterocycles. The smallest absolute Gasteiger partial charge is 0.178 e. The Labute approximate surface area is 111 Å². The highest BCUT2D eigenvalue weighted by Crippen LogP contribution is 2.30. The van der Waals surface area contributed by atoms with Gasteiger partial charge in [0.05, 0.1) is 10.4 Å². The summed E-state index contributed by atoms with van der Waals surface area (Å²) in [6.07, 6.45) is 1.76. The van der Waals surface area contributed by atoms with Gasteiger partial charge in [0.2, 0.25) is 0 Å². The third-order valence-electron chi connectivity index (χ3n) is 2.70. The number of nitrogens with one attached hydrogen (secondary N) is 1. The minimum atomic E-state index is 0.756. The number of pyridine rings is 1. The summed E-state index contributed by atoms with van der Waals surface area (Å²) < 4.78 is 0.957. The van der Waals surface area contributed by atoms with Crippen molar-refractivity contribution in [3.05, 3.63) is 33.2 Å².